The quantitative estimate of drug-likeness (QED) is 0.316. The van der Waals surface area contributed by atoms with Gasteiger partial charge in [-0.1, -0.05) is 30.3 Å². The van der Waals surface area contributed by atoms with Gasteiger partial charge in [-0.3, -0.25) is 9.79 Å². The van der Waals surface area contributed by atoms with Crippen LogP contribution in [0.25, 0.3) is 0 Å². The number of halogens is 1. The molecule has 1 aliphatic rings. The van der Waals surface area contributed by atoms with Crippen molar-refractivity contribution in [1.82, 2.24) is 16.0 Å². The van der Waals surface area contributed by atoms with Crippen molar-refractivity contribution >= 4 is 52.2 Å². The fraction of sp³-hybridized carbons (Fsp3) is 0.400. The second-order valence-corrected chi connectivity index (χ2v) is 7.47. The third-order valence-electron chi connectivity index (χ3n) is 4.63. The minimum absolute atomic E-state index is 0. The zero-order valence-electron chi connectivity index (χ0n) is 16.1. The molecule has 0 radical (unpaired) electrons. The molecule has 6 nitrogen and oxygen atoms in total. The normalized spacial score (nSPS) is 14.9. The van der Waals surface area contributed by atoms with Crippen molar-refractivity contribution in [3.8, 4) is 0 Å². The first-order chi connectivity index (χ1) is 13.2. The lowest BCUT2D eigenvalue weighted by Crippen LogP contribution is -2.50. The molecule has 0 unspecified atom stereocenters. The summed E-state index contributed by atoms with van der Waals surface area (Å²) in [4.78, 5) is 18.7. The molecular weight excluding hydrogens is 485 g/mol. The average molecular weight is 513 g/mol. The minimum atomic E-state index is -0.0469. The van der Waals surface area contributed by atoms with E-state index in [0.717, 1.165) is 31.5 Å². The van der Waals surface area contributed by atoms with Crippen LogP contribution in [-0.4, -0.2) is 44.6 Å². The molecule has 1 aromatic heterocycles. The molecule has 152 valence electrons. The van der Waals surface area contributed by atoms with Crippen LogP contribution in [0.15, 0.2) is 52.8 Å². The number of rotatable bonds is 6. The summed E-state index contributed by atoms with van der Waals surface area (Å²) < 4.78 is 0. The van der Waals surface area contributed by atoms with Gasteiger partial charge in [0.25, 0.3) is 0 Å². The maximum absolute atomic E-state index is 12.0. The number of hydrogen-bond acceptors (Lipinski definition) is 4. The minimum Gasteiger partial charge on any atom is -0.363 e. The fourth-order valence-corrected chi connectivity index (χ4v) is 3.89. The summed E-state index contributed by atoms with van der Waals surface area (Å²) >= 11 is 1.79. The Labute approximate surface area is 187 Å². The van der Waals surface area contributed by atoms with E-state index < -0.39 is 0 Å². The van der Waals surface area contributed by atoms with Gasteiger partial charge >= 0.3 is 0 Å². The summed E-state index contributed by atoms with van der Waals surface area (Å²) in [6, 6.07) is 14.5. The van der Waals surface area contributed by atoms with Crippen LogP contribution < -0.4 is 20.9 Å². The van der Waals surface area contributed by atoms with Gasteiger partial charge in [0.05, 0.1) is 11.5 Å². The molecule has 2 aromatic rings. The molecule has 0 atom stereocenters. The molecular formula is C20H28IN5OS. The summed E-state index contributed by atoms with van der Waals surface area (Å²) in [7, 11) is 1.73. The van der Waals surface area contributed by atoms with Gasteiger partial charge in [-0.25, -0.2) is 0 Å². The van der Waals surface area contributed by atoms with E-state index in [1.165, 1.54) is 5.00 Å². The molecule has 0 bridgehead atoms. The van der Waals surface area contributed by atoms with Crippen LogP contribution in [0.4, 0.5) is 5.00 Å². The highest BCUT2D eigenvalue weighted by atomic mass is 127. The van der Waals surface area contributed by atoms with E-state index in [2.05, 4.69) is 43.4 Å². The Balaban J connectivity index is 0.00000280. The van der Waals surface area contributed by atoms with Crippen molar-refractivity contribution < 1.29 is 4.79 Å². The van der Waals surface area contributed by atoms with Gasteiger partial charge in [-0.15, -0.1) is 35.3 Å². The number of guanidine groups is 1. The number of anilines is 1. The maximum atomic E-state index is 12.0. The van der Waals surface area contributed by atoms with Gasteiger partial charge in [0.2, 0.25) is 5.91 Å². The molecule has 0 aliphatic carbocycles. The number of thiophene rings is 1. The van der Waals surface area contributed by atoms with Gasteiger partial charge in [0, 0.05) is 32.7 Å². The van der Waals surface area contributed by atoms with E-state index in [1.807, 2.05) is 30.3 Å². The van der Waals surface area contributed by atoms with Crippen LogP contribution in [0.2, 0.25) is 0 Å². The first kappa shape index (κ1) is 22.5. The van der Waals surface area contributed by atoms with Gasteiger partial charge in [-0.05, 0) is 35.9 Å². The predicted octanol–water partition coefficient (Wildman–Crippen LogP) is 2.82. The Morgan fingerprint density at radius 2 is 1.89 bits per heavy atom. The van der Waals surface area contributed by atoms with E-state index >= 15 is 0 Å². The summed E-state index contributed by atoms with van der Waals surface area (Å²) in [5, 5.41) is 12.9. The maximum Gasteiger partial charge on any atom is 0.239 e. The van der Waals surface area contributed by atoms with Crippen molar-refractivity contribution in [3.63, 3.8) is 0 Å². The largest absolute Gasteiger partial charge is 0.363 e. The molecule has 0 spiro atoms. The third kappa shape index (κ3) is 6.97. The molecule has 1 amide bonds. The summed E-state index contributed by atoms with van der Waals surface area (Å²) in [6.07, 6.45) is 2.11. The predicted molar refractivity (Wildman–Crippen MR) is 128 cm³/mol. The molecule has 3 rings (SSSR count). The van der Waals surface area contributed by atoms with Crippen LogP contribution in [0.3, 0.4) is 0 Å². The standard InChI is InChI=1S/C20H27N5OS.HI/c1-21-20(23-15-18(26)22-14-16-6-3-2-4-7-16)24-17-9-11-25(12-10-17)19-8-5-13-27-19;/h2-8,13,17H,9-12,14-15H2,1H3,(H,22,26)(H2,21,23,24);1H. The number of nitrogens with one attached hydrogen (secondary N) is 3. The number of carbonyl (C=O) groups is 1. The Hall–Kier alpha value is -1.81. The fourth-order valence-electron chi connectivity index (χ4n) is 3.11. The number of piperidine rings is 1. The first-order valence-electron chi connectivity index (χ1n) is 9.31. The van der Waals surface area contributed by atoms with Crippen LogP contribution in [0.5, 0.6) is 0 Å². The zero-order valence-corrected chi connectivity index (χ0v) is 19.2. The van der Waals surface area contributed by atoms with Crippen molar-refractivity contribution in [2.45, 2.75) is 25.4 Å². The van der Waals surface area contributed by atoms with Crippen LogP contribution in [0, 0.1) is 0 Å². The van der Waals surface area contributed by atoms with Crippen molar-refractivity contribution in [2.75, 3.05) is 31.6 Å². The number of nitrogens with zero attached hydrogens (tertiary/aromatic N) is 2. The van der Waals surface area contributed by atoms with E-state index in [9.17, 15) is 4.79 Å². The molecule has 1 saturated heterocycles. The van der Waals surface area contributed by atoms with Gasteiger partial charge in [0.15, 0.2) is 5.96 Å². The topological polar surface area (TPSA) is 68.8 Å². The summed E-state index contributed by atoms with van der Waals surface area (Å²) in [5.74, 6) is 0.633. The Morgan fingerprint density at radius 1 is 1.14 bits per heavy atom. The second kappa shape index (κ2) is 11.9. The molecule has 1 aromatic carbocycles. The lowest BCUT2D eigenvalue weighted by atomic mass is 10.1. The number of benzene rings is 1. The first-order valence-corrected chi connectivity index (χ1v) is 10.2. The molecule has 28 heavy (non-hydrogen) atoms. The summed E-state index contributed by atoms with van der Waals surface area (Å²) in [6.45, 7) is 2.81. The Morgan fingerprint density at radius 3 is 2.54 bits per heavy atom. The third-order valence-corrected chi connectivity index (χ3v) is 5.56. The Bertz CT molecular complexity index is 730. The smallest absolute Gasteiger partial charge is 0.239 e. The highest BCUT2D eigenvalue weighted by Gasteiger charge is 2.20. The lowest BCUT2D eigenvalue weighted by Gasteiger charge is -2.33. The number of carbonyl (C=O) groups excluding carboxylic acids is 1. The van der Waals surface area contributed by atoms with Crippen LogP contribution >= 0.6 is 35.3 Å². The average Bonchev–Trinajstić information content (AvgIpc) is 3.25. The summed E-state index contributed by atoms with van der Waals surface area (Å²) in [5.41, 5.74) is 1.09. The Kier molecular flexibility index (Phi) is 9.56. The highest BCUT2D eigenvalue weighted by molar-refractivity contribution is 14.0. The van der Waals surface area contributed by atoms with Crippen molar-refractivity contribution in [3.05, 3.63) is 53.4 Å². The van der Waals surface area contributed by atoms with E-state index in [-0.39, 0.29) is 36.4 Å². The van der Waals surface area contributed by atoms with Crippen molar-refractivity contribution in [1.29, 1.82) is 0 Å². The second-order valence-electron chi connectivity index (χ2n) is 6.55. The monoisotopic (exact) mass is 513 g/mol. The highest BCUT2D eigenvalue weighted by Crippen LogP contribution is 2.24. The van der Waals surface area contributed by atoms with Gasteiger partial charge in [0.1, 0.15) is 0 Å². The van der Waals surface area contributed by atoms with E-state index in [0.29, 0.717) is 18.5 Å². The molecule has 2 heterocycles. The van der Waals surface area contributed by atoms with Crippen LogP contribution in [0.1, 0.15) is 18.4 Å². The van der Waals surface area contributed by atoms with Crippen LogP contribution in [-0.2, 0) is 11.3 Å². The number of hydrogen-bond donors (Lipinski definition) is 3. The lowest BCUT2D eigenvalue weighted by molar-refractivity contribution is -0.120. The van der Waals surface area contributed by atoms with Gasteiger partial charge in [-0.2, -0.15) is 0 Å². The van der Waals surface area contributed by atoms with E-state index in [4.69, 9.17) is 0 Å². The molecule has 1 aliphatic heterocycles. The molecule has 1 fully saturated rings. The van der Waals surface area contributed by atoms with Crippen molar-refractivity contribution in [2.24, 2.45) is 4.99 Å². The molecule has 8 heteroatoms. The number of amides is 1. The van der Waals surface area contributed by atoms with Gasteiger partial charge < -0.3 is 20.9 Å². The number of aliphatic imine (C=N–C) groups is 1. The molecule has 3 N–H and O–H groups in total. The zero-order chi connectivity index (χ0) is 18.9. The molecule has 0 saturated carbocycles. The SMILES string of the molecule is CN=C(NCC(=O)NCc1ccccc1)NC1CCN(c2cccs2)CC1.I. The van der Waals surface area contributed by atoms with E-state index in [1.54, 1.807) is 18.4 Å².